The zero-order chi connectivity index (χ0) is 103. The first-order chi connectivity index (χ1) is 68.4. The van der Waals surface area contributed by atoms with Gasteiger partial charge in [0.25, 0.3) is 0 Å². The Morgan fingerprint density at radius 2 is 0.674 bits per heavy atom. The lowest BCUT2D eigenvalue weighted by Gasteiger charge is -2.58. The van der Waals surface area contributed by atoms with Crippen LogP contribution in [0.1, 0.15) is 192 Å². The highest BCUT2D eigenvalue weighted by molar-refractivity contribution is 5.33. The summed E-state index contributed by atoms with van der Waals surface area (Å²) < 4.78 is 119. The van der Waals surface area contributed by atoms with Gasteiger partial charge >= 0.3 is 0 Å². The van der Waals surface area contributed by atoms with Crippen LogP contribution in [0.4, 0.5) is 0 Å². The quantitative estimate of drug-likeness (QED) is 0.0332. The topological polar surface area (TPSA) is 641 Å². The van der Waals surface area contributed by atoms with E-state index >= 15 is 0 Å². The van der Waals surface area contributed by atoms with Crippen molar-refractivity contribution >= 4 is 0 Å². The minimum absolute atomic E-state index is 0.0123. The van der Waals surface area contributed by atoms with Gasteiger partial charge in [0, 0.05) is 24.7 Å². The van der Waals surface area contributed by atoms with Crippen LogP contribution >= 0.6 is 0 Å². The van der Waals surface area contributed by atoms with Crippen LogP contribution in [0.5, 0.6) is 0 Å². The molecule has 822 valence electrons. The average Bonchev–Trinajstić information content (AvgIpc) is 1.54. The molecule has 0 bridgehead atoms. The van der Waals surface area contributed by atoms with Gasteiger partial charge < -0.3 is 207 Å². The Morgan fingerprint density at radius 3 is 1.07 bits per heavy atom. The van der Waals surface area contributed by atoms with E-state index in [1.54, 1.807) is 0 Å². The van der Waals surface area contributed by atoms with Gasteiger partial charge in [-0.05, 0) is 218 Å². The number of hydrogen-bond acceptors (Lipinski definition) is 42. The molecule has 0 spiro atoms. The second-order valence-electron chi connectivity index (χ2n) is 46.6. The molecule has 0 radical (unpaired) electrons. The molecule has 42 nitrogen and oxygen atoms in total. The zero-order valence-electron chi connectivity index (χ0n) is 84.1. The van der Waals surface area contributed by atoms with Crippen LogP contribution in [0.3, 0.4) is 0 Å². The number of allylic oxidation sites excluding steroid dienone is 4. The molecule has 23 N–H and O–H groups in total. The summed E-state index contributed by atoms with van der Waals surface area (Å²) in [5.74, 6) is 4.67. The summed E-state index contributed by atoms with van der Waals surface area (Å²) in [5, 5.41) is 255. The van der Waals surface area contributed by atoms with E-state index in [9.17, 15) is 117 Å². The Kier molecular flexibility index (Phi) is 34.1. The van der Waals surface area contributed by atoms with Gasteiger partial charge in [-0.1, -0.05) is 64.8 Å². The number of aliphatic hydroxyl groups excluding tert-OH is 23. The zero-order valence-corrected chi connectivity index (χ0v) is 84.1. The van der Waals surface area contributed by atoms with Gasteiger partial charge in [-0.15, -0.1) is 0 Å². The second kappa shape index (κ2) is 44.3. The normalized spacial score (nSPS) is 53.1. The molecule has 8 aliphatic carbocycles. The molecular weight excluding hydrogens is 1900 g/mol. The van der Waals surface area contributed by atoms with E-state index in [0.29, 0.717) is 80.5 Å². The summed E-state index contributed by atoms with van der Waals surface area (Å²) in [5.41, 5.74) is 4.50. The summed E-state index contributed by atoms with van der Waals surface area (Å²) in [7, 11) is 0. The molecule has 6 saturated carbocycles. The Bertz CT molecular complexity index is 4420. The highest BCUT2D eigenvalue weighted by atomic mass is 16.8. The third-order valence-corrected chi connectivity index (χ3v) is 38.0. The molecule has 58 atom stereocenters. The molecule has 10 heterocycles. The molecule has 0 aromatic heterocycles. The summed E-state index contributed by atoms with van der Waals surface area (Å²) in [6.45, 7) is 19.2. The summed E-state index contributed by atoms with van der Waals surface area (Å²) in [6.07, 6.45) is -47.3. The first-order valence-electron chi connectivity index (χ1n) is 52.9. The number of hydrogen-bond donors (Lipinski definition) is 23. The van der Waals surface area contributed by atoms with Crippen LogP contribution in [0.25, 0.3) is 0 Å². The van der Waals surface area contributed by atoms with Crippen molar-refractivity contribution in [2.45, 2.75) is 462 Å². The molecule has 0 aromatic rings. The van der Waals surface area contributed by atoms with Crippen LogP contribution < -0.4 is 0 Å². The van der Waals surface area contributed by atoms with Crippen molar-refractivity contribution in [3.05, 3.63) is 46.0 Å². The average molecular weight is 2060 g/mol. The van der Waals surface area contributed by atoms with Gasteiger partial charge in [0.2, 0.25) is 0 Å². The van der Waals surface area contributed by atoms with E-state index in [-0.39, 0.29) is 70.8 Å². The molecule has 0 aromatic carbocycles. The largest absolute Gasteiger partial charge is 0.494 e. The molecule has 0 amide bonds. The van der Waals surface area contributed by atoms with Crippen molar-refractivity contribution in [3.63, 3.8) is 0 Å². The molecule has 18 aliphatic rings. The van der Waals surface area contributed by atoms with Crippen molar-refractivity contribution in [3.8, 4) is 0 Å². The van der Waals surface area contributed by atoms with Crippen LogP contribution in [0.2, 0.25) is 0 Å². The first kappa shape index (κ1) is 111. The summed E-state index contributed by atoms with van der Waals surface area (Å²) in [4.78, 5) is 0. The second-order valence-corrected chi connectivity index (χ2v) is 46.6. The van der Waals surface area contributed by atoms with Crippen molar-refractivity contribution in [1.82, 2.24) is 0 Å². The van der Waals surface area contributed by atoms with Crippen LogP contribution in [0.15, 0.2) is 46.0 Å². The van der Waals surface area contributed by atoms with E-state index in [2.05, 4.69) is 53.7 Å². The minimum atomic E-state index is -2.09. The van der Waals surface area contributed by atoms with E-state index < -0.39 is 291 Å². The Labute approximate surface area is 838 Å². The maximum absolute atomic E-state index is 12.7. The molecule has 8 saturated heterocycles. The Hall–Kier alpha value is -3.04. The monoisotopic (exact) mass is 2060 g/mol. The van der Waals surface area contributed by atoms with Gasteiger partial charge in [-0.2, -0.15) is 0 Å². The highest BCUT2D eigenvalue weighted by Crippen LogP contribution is 2.72. The molecular formula is C102H162O42. The van der Waals surface area contributed by atoms with Gasteiger partial charge in [0.15, 0.2) is 50.3 Å². The maximum Gasteiger partial charge on any atom is 0.187 e. The van der Waals surface area contributed by atoms with Crippen LogP contribution in [-0.2, 0) is 90.0 Å². The Morgan fingerprint density at radius 1 is 0.333 bits per heavy atom. The molecule has 18 rings (SSSR count). The minimum Gasteiger partial charge on any atom is -0.494 e. The lowest BCUT2D eigenvalue weighted by atomic mass is 9.47. The van der Waals surface area contributed by atoms with Gasteiger partial charge in [0.1, 0.15) is 189 Å². The standard InChI is InChI=1S/C102H162O42/c1-39(36-127-91-78(118)74(114)69(109)60(32-103)136-91)12-18-56-41(3)65-58(134-56)30-54-50-16-14-46-28-48(20-24-99(46,8)52(50)22-26-101(54,65)10)132-97-89(143-93-80(120)72(112)67(107)43(5)129-93)84(124)87(62(34-105)138-97)141-95-83(123)77(117)86(45(7)131-95)126-38-64-71(111)76(116)82(122)96(140-64)142-88-63(35-106)139-98(90(85(88)125)144-94-81(121)73(113)68(108)44(6)130-94)133-49-21-25-100(9)47(29-49)15-17-51-53(100)23-27-102(11)55(51)31-59-66(102)42(4)57(135-59)19-13-40(2)37-128-92-79(119)75(115)70(110)61(33-104)137-92/h14-15,39-40,43-45,48-55,58-98,103-125H,12-13,16-38H2,1-11H3/t39-,40-,43+,44+,45+,48+,49+,50-,51-,52+,53+,54+,55+,58+,59+,60-,61-,62-,63-,64+,65+,66+,67+,68+,69-,70-,71+,72-,73-,74+,75+,76-,77+,78-,79-,80-,81-,82-,83-,84+,85+,86+,87-,88-,89-,90-,91-,92-,93+,94+,95+,96+,97-,98-,99+,100+,101+,102+/m1/s1. The molecule has 10 aliphatic heterocycles. The lowest BCUT2D eigenvalue weighted by Crippen LogP contribution is -2.67. The van der Waals surface area contributed by atoms with Crippen molar-refractivity contribution < 1.29 is 207 Å². The summed E-state index contributed by atoms with van der Waals surface area (Å²) in [6, 6.07) is 0. The first-order valence-corrected chi connectivity index (χ1v) is 52.9. The van der Waals surface area contributed by atoms with Gasteiger partial charge in [-0.25, -0.2) is 0 Å². The predicted octanol–water partition coefficient (Wildman–Crippen LogP) is -2.04. The van der Waals surface area contributed by atoms with Gasteiger partial charge in [-0.3, -0.25) is 0 Å². The lowest BCUT2D eigenvalue weighted by molar-refractivity contribution is -0.392. The fourth-order valence-corrected chi connectivity index (χ4v) is 29.4. The van der Waals surface area contributed by atoms with Gasteiger partial charge in [0.05, 0.1) is 88.3 Å². The van der Waals surface area contributed by atoms with Crippen molar-refractivity contribution in [1.29, 1.82) is 0 Å². The van der Waals surface area contributed by atoms with Crippen molar-refractivity contribution in [2.24, 2.45) is 80.8 Å². The third kappa shape index (κ3) is 20.4. The number of aliphatic hydroxyl groups is 23. The summed E-state index contributed by atoms with van der Waals surface area (Å²) >= 11 is 0. The number of rotatable bonds is 31. The molecule has 144 heavy (non-hydrogen) atoms. The van der Waals surface area contributed by atoms with Crippen molar-refractivity contribution in [2.75, 3.05) is 46.2 Å². The molecule has 42 heteroatoms. The number of fused-ring (bicyclic) bond motifs is 14. The Balaban J connectivity index is 0.493. The highest BCUT2D eigenvalue weighted by Gasteiger charge is 2.68. The fourth-order valence-electron chi connectivity index (χ4n) is 29.4. The molecule has 0 unspecified atom stereocenters. The van der Waals surface area contributed by atoms with Crippen LogP contribution in [-0.4, -0.2) is 434 Å². The van der Waals surface area contributed by atoms with Crippen LogP contribution in [0, 0.1) is 80.8 Å². The third-order valence-electron chi connectivity index (χ3n) is 38.0. The van der Waals surface area contributed by atoms with E-state index in [1.807, 2.05) is 13.8 Å². The van der Waals surface area contributed by atoms with E-state index in [1.165, 1.54) is 43.1 Å². The van der Waals surface area contributed by atoms with E-state index in [0.717, 1.165) is 82.1 Å². The van der Waals surface area contributed by atoms with E-state index in [4.69, 9.17) is 90.0 Å². The SMILES string of the molecule is CC1=C(CC[C@@H](C)CO[C@@H]2O[C@H](CO)[C@@H](O)[C@H](O)[C@H]2O)O[C@H]2C[C@H]3[C@@H]4CC=C5C[C@@H](O[C@@H]6O[C@H](CO)[C@@H](O[C@@H]7O[C@@H](CO[C@@H]8[C@@H](O)[C@@H](O)[C@H](O[C@H]9[C@H](O)[C@@H](O[C@@H]%10O[C@@H](C)[C@H](O)[C@@H](O)[C@H]%10O)[C@H](O[C@H]%10CC[C@@]%11(C)C(=CC[C@H]%12[C@@H]%13C[C@@H]%14OC(CC[C@@H](C)CO[C@@H]%15O[C@H](CO)[C@@H](O)[C@H](O)[C@H]%15O)=C(C)[C@@H]%14[C@@]%13(C)CC[C@@H]%12%11)C%10)O[C@@H]9CO)O[C@H]8C)[C@H](O)[C@@H](O)[C@H]7O)[C@H](O)[C@H]6O[C@@H]6O[C@@H](C)[C@H](O)[C@@H](O)[C@H]6O)CC[C@]5(C)[C@H]4CC[C@]3(C)[C@@H]12. The predicted molar refractivity (Wildman–Crippen MR) is 493 cm³/mol. The molecule has 14 fully saturated rings. The number of ether oxygens (including phenoxy) is 19. The fraction of sp³-hybridized carbons (Fsp3) is 0.922. The smallest absolute Gasteiger partial charge is 0.187 e. The maximum atomic E-state index is 12.7.